The van der Waals surface area contributed by atoms with Gasteiger partial charge in [0, 0.05) is 32.1 Å². The van der Waals surface area contributed by atoms with Gasteiger partial charge >= 0.3 is 12.1 Å². The number of ether oxygens (including phenoxy) is 1. The Morgan fingerprint density at radius 1 is 1.18 bits per heavy atom. The number of aliphatic carboxylic acids is 1. The van der Waals surface area contributed by atoms with E-state index in [9.17, 15) is 21.6 Å². The standard InChI is InChI=1S/C17H25N5O3S.C2HF3O2/c1-2-26(23,24)21-7-5-14(6-8-21)17-18-16-4-3-15(13-22(16)19-17)20-9-11-25-12-10-20;3-2(4,5)1(6)7/h3-4,13-14H,2,5-12H2,1H3;(H,6,7). The summed E-state index contributed by atoms with van der Waals surface area (Å²) in [6, 6.07) is 4.08. The summed E-state index contributed by atoms with van der Waals surface area (Å²) in [5, 5.41) is 11.8. The molecule has 2 saturated heterocycles. The fourth-order valence-corrected chi connectivity index (χ4v) is 4.78. The van der Waals surface area contributed by atoms with Crippen molar-refractivity contribution in [3.8, 4) is 0 Å². The van der Waals surface area contributed by atoms with Crippen molar-refractivity contribution in [3.05, 3.63) is 24.2 Å². The van der Waals surface area contributed by atoms with E-state index in [2.05, 4.69) is 21.0 Å². The van der Waals surface area contributed by atoms with Crippen molar-refractivity contribution >= 4 is 27.3 Å². The topological polar surface area (TPSA) is 117 Å². The van der Waals surface area contributed by atoms with Crippen molar-refractivity contribution in [1.29, 1.82) is 0 Å². The third-order valence-corrected chi connectivity index (χ3v) is 7.41. The molecule has 0 bridgehead atoms. The number of alkyl halides is 3. The lowest BCUT2D eigenvalue weighted by atomic mass is 9.98. The van der Waals surface area contributed by atoms with Crippen LogP contribution in [0.4, 0.5) is 18.9 Å². The molecule has 4 rings (SSSR count). The van der Waals surface area contributed by atoms with Gasteiger partial charge < -0.3 is 14.7 Å². The molecule has 0 atom stereocenters. The number of hydrogen-bond acceptors (Lipinski definition) is 7. The lowest BCUT2D eigenvalue weighted by Gasteiger charge is -2.29. The summed E-state index contributed by atoms with van der Waals surface area (Å²) in [5.74, 6) is -1.57. The fraction of sp³-hybridized carbons (Fsp3) is 0.632. The minimum absolute atomic E-state index is 0.161. The van der Waals surface area contributed by atoms with Gasteiger partial charge in [-0.05, 0) is 31.9 Å². The molecule has 2 aliphatic rings. The van der Waals surface area contributed by atoms with Gasteiger partial charge in [0.05, 0.1) is 30.9 Å². The average molecular weight is 494 g/mol. The average Bonchev–Trinajstić information content (AvgIpc) is 3.23. The molecule has 2 aromatic heterocycles. The van der Waals surface area contributed by atoms with Gasteiger partial charge in [-0.1, -0.05) is 0 Å². The van der Waals surface area contributed by atoms with Crippen LogP contribution >= 0.6 is 0 Å². The lowest BCUT2D eigenvalue weighted by Crippen LogP contribution is -2.38. The van der Waals surface area contributed by atoms with E-state index in [4.69, 9.17) is 14.6 Å². The Morgan fingerprint density at radius 2 is 1.79 bits per heavy atom. The number of morpholine rings is 1. The summed E-state index contributed by atoms with van der Waals surface area (Å²) >= 11 is 0. The van der Waals surface area contributed by atoms with Crippen molar-refractivity contribution in [2.24, 2.45) is 0 Å². The van der Waals surface area contributed by atoms with E-state index in [0.29, 0.717) is 13.1 Å². The zero-order valence-corrected chi connectivity index (χ0v) is 18.8. The Labute approximate surface area is 189 Å². The Bertz CT molecular complexity index is 1060. The number of hydrogen-bond donors (Lipinski definition) is 1. The summed E-state index contributed by atoms with van der Waals surface area (Å²) in [6.45, 7) is 6.07. The molecule has 1 N–H and O–H groups in total. The van der Waals surface area contributed by atoms with Gasteiger partial charge in [-0.3, -0.25) is 0 Å². The smallest absolute Gasteiger partial charge is 0.475 e. The molecule has 14 heteroatoms. The van der Waals surface area contributed by atoms with E-state index in [1.807, 2.05) is 16.8 Å². The maximum Gasteiger partial charge on any atom is 0.490 e. The quantitative estimate of drug-likeness (QED) is 0.685. The van der Waals surface area contributed by atoms with E-state index in [-0.39, 0.29) is 11.7 Å². The van der Waals surface area contributed by atoms with Crippen LogP contribution in [0.25, 0.3) is 5.65 Å². The van der Waals surface area contributed by atoms with Crippen LogP contribution in [-0.2, 0) is 19.6 Å². The molecule has 0 radical (unpaired) electrons. The van der Waals surface area contributed by atoms with Crippen LogP contribution in [-0.4, -0.2) is 89.7 Å². The number of fused-ring (bicyclic) bond motifs is 1. The number of sulfonamides is 1. The van der Waals surface area contributed by atoms with Gasteiger partial charge in [0.2, 0.25) is 10.0 Å². The van der Waals surface area contributed by atoms with Gasteiger partial charge in [0.15, 0.2) is 11.5 Å². The van der Waals surface area contributed by atoms with E-state index in [1.165, 1.54) is 0 Å². The molecule has 33 heavy (non-hydrogen) atoms. The van der Waals surface area contributed by atoms with Gasteiger partial charge in [0.1, 0.15) is 0 Å². The molecule has 0 spiro atoms. The molecule has 184 valence electrons. The molecule has 2 aliphatic heterocycles. The maximum atomic E-state index is 12.0. The zero-order chi connectivity index (χ0) is 24.2. The predicted molar refractivity (Wildman–Crippen MR) is 113 cm³/mol. The Hall–Kier alpha value is -2.45. The zero-order valence-electron chi connectivity index (χ0n) is 18.0. The number of rotatable bonds is 4. The molecule has 10 nitrogen and oxygen atoms in total. The number of halogens is 3. The third-order valence-electron chi connectivity index (χ3n) is 5.53. The number of piperidine rings is 1. The van der Waals surface area contributed by atoms with Crippen molar-refractivity contribution < 1.29 is 36.2 Å². The van der Waals surface area contributed by atoms with Gasteiger partial charge in [-0.2, -0.15) is 18.3 Å². The highest BCUT2D eigenvalue weighted by Crippen LogP contribution is 2.28. The normalized spacial score (nSPS) is 18.7. The van der Waals surface area contributed by atoms with E-state index in [0.717, 1.165) is 56.3 Å². The van der Waals surface area contributed by atoms with Crippen LogP contribution in [0.15, 0.2) is 18.3 Å². The van der Waals surface area contributed by atoms with Crippen molar-refractivity contribution in [2.45, 2.75) is 31.9 Å². The molecule has 2 aromatic rings. The highest BCUT2D eigenvalue weighted by atomic mass is 32.2. The summed E-state index contributed by atoms with van der Waals surface area (Å²) in [4.78, 5) is 15.9. The Balaban J connectivity index is 0.000000383. The molecule has 2 fully saturated rings. The van der Waals surface area contributed by atoms with E-state index >= 15 is 0 Å². The van der Waals surface area contributed by atoms with Crippen LogP contribution < -0.4 is 4.90 Å². The third kappa shape index (κ3) is 6.32. The fourth-order valence-electron chi connectivity index (χ4n) is 3.65. The van der Waals surface area contributed by atoms with Crippen molar-refractivity contribution in [2.75, 3.05) is 50.0 Å². The lowest BCUT2D eigenvalue weighted by molar-refractivity contribution is -0.192. The molecule has 0 aromatic carbocycles. The molecule has 0 amide bonds. The summed E-state index contributed by atoms with van der Waals surface area (Å²) < 4.78 is 64.6. The van der Waals surface area contributed by atoms with Crippen LogP contribution in [0.2, 0.25) is 0 Å². The number of nitrogens with zero attached hydrogens (tertiary/aromatic N) is 5. The Morgan fingerprint density at radius 3 is 2.33 bits per heavy atom. The first-order valence-corrected chi connectivity index (χ1v) is 12.1. The number of anilines is 1. The van der Waals surface area contributed by atoms with Gasteiger partial charge in [-0.15, -0.1) is 0 Å². The molecule has 0 saturated carbocycles. The molecular weight excluding hydrogens is 467 g/mol. The highest BCUT2D eigenvalue weighted by molar-refractivity contribution is 7.89. The first kappa shape index (κ1) is 25.2. The SMILES string of the molecule is CCS(=O)(=O)N1CCC(c2nc3ccc(N4CCOCC4)cn3n2)CC1.O=C(O)C(F)(F)F. The second-order valence-electron chi connectivity index (χ2n) is 7.64. The summed E-state index contributed by atoms with van der Waals surface area (Å²) in [5.41, 5.74) is 1.96. The van der Waals surface area contributed by atoms with Crippen LogP contribution in [0.3, 0.4) is 0 Å². The maximum absolute atomic E-state index is 12.0. The number of pyridine rings is 1. The number of aromatic nitrogens is 3. The van der Waals surface area contributed by atoms with Gasteiger partial charge in [-0.25, -0.2) is 27.0 Å². The molecule has 0 aliphatic carbocycles. The number of carboxylic acids is 1. The van der Waals surface area contributed by atoms with Crippen LogP contribution in [0.5, 0.6) is 0 Å². The monoisotopic (exact) mass is 493 g/mol. The first-order chi connectivity index (χ1) is 15.5. The Kier molecular flexibility index (Phi) is 7.80. The number of carbonyl (C=O) groups is 1. The van der Waals surface area contributed by atoms with E-state index in [1.54, 1.807) is 11.2 Å². The first-order valence-electron chi connectivity index (χ1n) is 10.5. The van der Waals surface area contributed by atoms with Crippen LogP contribution in [0.1, 0.15) is 31.5 Å². The molecular formula is C19H26F3N5O5S. The highest BCUT2D eigenvalue weighted by Gasteiger charge is 2.38. The molecule has 4 heterocycles. The van der Waals surface area contributed by atoms with Gasteiger partial charge in [0.25, 0.3) is 0 Å². The van der Waals surface area contributed by atoms with Crippen molar-refractivity contribution in [1.82, 2.24) is 18.9 Å². The minimum atomic E-state index is -5.08. The summed E-state index contributed by atoms with van der Waals surface area (Å²) in [6.07, 6.45) is -1.52. The predicted octanol–water partition coefficient (Wildman–Crippen LogP) is 1.73. The van der Waals surface area contributed by atoms with Crippen molar-refractivity contribution in [3.63, 3.8) is 0 Å². The summed E-state index contributed by atoms with van der Waals surface area (Å²) in [7, 11) is -3.10. The largest absolute Gasteiger partial charge is 0.490 e. The second-order valence-corrected chi connectivity index (χ2v) is 9.89. The van der Waals surface area contributed by atoms with E-state index < -0.39 is 22.2 Å². The second kappa shape index (κ2) is 10.2. The number of carboxylic acid groups (broad SMARTS) is 1. The molecule has 0 unspecified atom stereocenters. The van der Waals surface area contributed by atoms with Crippen LogP contribution in [0, 0.1) is 0 Å². The minimum Gasteiger partial charge on any atom is -0.475 e.